The molecular weight excluding hydrogens is 290 g/mol. The van der Waals surface area contributed by atoms with E-state index in [0.29, 0.717) is 23.1 Å². The highest BCUT2D eigenvalue weighted by Crippen LogP contribution is 2.28. The van der Waals surface area contributed by atoms with E-state index >= 15 is 0 Å². The van der Waals surface area contributed by atoms with E-state index in [1.165, 1.54) is 19.4 Å². The molecule has 3 heterocycles. The van der Waals surface area contributed by atoms with Crippen LogP contribution in [0.3, 0.4) is 0 Å². The molecule has 0 unspecified atom stereocenters. The Labute approximate surface area is 135 Å². The second-order valence-corrected chi connectivity index (χ2v) is 6.41. The lowest BCUT2D eigenvalue weighted by molar-refractivity contribution is 0.0570. The Kier molecular flexibility index (Phi) is 3.65. The van der Waals surface area contributed by atoms with Crippen LogP contribution >= 0.6 is 0 Å². The topological polar surface area (TPSA) is 49.6 Å². The van der Waals surface area contributed by atoms with Gasteiger partial charge in [-0.3, -0.25) is 9.69 Å². The van der Waals surface area contributed by atoms with E-state index in [4.69, 9.17) is 4.52 Å². The number of fused-ring (bicyclic) bond motifs is 1. The Bertz CT molecular complexity index is 710. The van der Waals surface area contributed by atoms with E-state index < -0.39 is 0 Å². The average Bonchev–Trinajstić information content (AvgIpc) is 3.20. The van der Waals surface area contributed by atoms with Crippen LogP contribution in [-0.4, -0.2) is 53.1 Å². The number of aromatic nitrogens is 1. The van der Waals surface area contributed by atoms with E-state index in [1.54, 1.807) is 0 Å². The molecule has 2 aromatic rings. The minimum Gasteiger partial charge on any atom is -0.360 e. The van der Waals surface area contributed by atoms with Crippen LogP contribution in [0.25, 0.3) is 11.3 Å². The maximum Gasteiger partial charge on any atom is 0.259 e. The molecule has 2 fully saturated rings. The van der Waals surface area contributed by atoms with E-state index in [-0.39, 0.29) is 5.91 Å². The van der Waals surface area contributed by atoms with Gasteiger partial charge < -0.3 is 9.42 Å². The summed E-state index contributed by atoms with van der Waals surface area (Å²) in [5.41, 5.74) is 2.19. The van der Waals surface area contributed by atoms with E-state index in [2.05, 4.69) is 10.1 Å². The maximum atomic E-state index is 13.1. The van der Waals surface area contributed by atoms with Gasteiger partial charge in [0.25, 0.3) is 5.91 Å². The number of benzene rings is 1. The highest BCUT2D eigenvalue weighted by atomic mass is 16.5. The van der Waals surface area contributed by atoms with Crippen LogP contribution in [0.1, 0.15) is 29.0 Å². The zero-order chi connectivity index (χ0) is 15.8. The Balaban J connectivity index is 1.63. The Morgan fingerprint density at radius 2 is 2.04 bits per heavy atom. The molecule has 2 saturated heterocycles. The molecule has 4 rings (SSSR count). The third-order valence-corrected chi connectivity index (χ3v) is 5.00. The molecule has 5 nitrogen and oxygen atoms in total. The van der Waals surface area contributed by atoms with Crippen molar-refractivity contribution in [2.24, 2.45) is 0 Å². The quantitative estimate of drug-likeness (QED) is 0.855. The number of hydrogen-bond acceptors (Lipinski definition) is 4. The first kappa shape index (κ1) is 14.5. The number of piperazine rings is 1. The van der Waals surface area contributed by atoms with Gasteiger partial charge in [0.05, 0.1) is 0 Å². The summed E-state index contributed by atoms with van der Waals surface area (Å²) in [6, 6.07) is 10.3. The molecule has 1 atom stereocenters. The van der Waals surface area contributed by atoms with Gasteiger partial charge in [0.15, 0.2) is 0 Å². The van der Waals surface area contributed by atoms with Crippen molar-refractivity contribution in [2.45, 2.75) is 25.8 Å². The Morgan fingerprint density at radius 3 is 2.87 bits per heavy atom. The molecule has 1 aromatic carbocycles. The summed E-state index contributed by atoms with van der Waals surface area (Å²) in [5.74, 6) is 0.650. The molecule has 120 valence electrons. The van der Waals surface area contributed by atoms with Gasteiger partial charge in [-0.05, 0) is 26.3 Å². The molecular formula is C18H21N3O2. The Hall–Kier alpha value is -2.14. The van der Waals surface area contributed by atoms with Crippen molar-refractivity contribution in [1.29, 1.82) is 0 Å². The highest BCUT2D eigenvalue weighted by Gasteiger charge is 2.34. The number of nitrogens with zero attached hydrogens (tertiary/aromatic N) is 3. The van der Waals surface area contributed by atoms with Gasteiger partial charge in [0.1, 0.15) is 17.0 Å². The lowest BCUT2D eigenvalue weighted by Crippen LogP contribution is -2.52. The van der Waals surface area contributed by atoms with Gasteiger partial charge >= 0.3 is 0 Å². The van der Waals surface area contributed by atoms with Gasteiger partial charge in [0, 0.05) is 31.2 Å². The third-order valence-electron chi connectivity index (χ3n) is 5.00. The first-order valence-electron chi connectivity index (χ1n) is 8.29. The fourth-order valence-corrected chi connectivity index (χ4v) is 3.75. The zero-order valence-corrected chi connectivity index (χ0v) is 13.4. The summed E-state index contributed by atoms with van der Waals surface area (Å²) >= 11 is 0. The molecule has 1 amide bonds. The van der Waals surface area contributed by atoms with Crippen LogP contribution in [0, 0.1) is 6.92 Å². The van der Waals surface area contributed by atoms with Crippen molar-refractivity contribution >= 4 is 5.91 Å². The minimum atomic E-state index is 0.0501. The summed E-state index contributed by atoms with van der Waals surface area (Å²) in [6.45, 7) is 5.57. The molecule has 0 bridgehead atoms. The molecule has 0 radical (unpaired) electrons. The second-order valence-electron chi connectivity index (χ2n) is 6.41. The molecule has 0 spiro atoms. The normalized spacial score (nSPS) is 21.4. The lowest BCUT2D eigenvalue weighted by Gasteiger charge is -2.37. The van der Waals surface area contributed by atoms with Gasteiger partial charge in [-0.15, -0.1) is 0 Å². The first-order chi connectivity index (χ1) is 11.2. The van der Waals surface area contributed by atoms with E-state index in [0.717, 1.165) is 25.2 Å². The van der Waals surface area contributed by atoms with Crippen LogP contribution in [0.2, 0.25) is 0 Å². The van der Waals surface area contributed by atoms with E-state index in [9.17, 15) is 4.79 Å². The SMILES string of the molecule is Cc1onc(-c2ccccc2)c1C(=O)N1CCN2CCC[C@@H]2C1. The van der Waals surface area contributed by atoms with Gasteiger partial charge in [0.2, 0.25) is 0 Å². The van der Waals surface area contributed by atoms with Gasteiger partial charge in [-0.1, -0.05) is 35.5 Å². The second kappa shape index (κ2) is 5.81. The first-order valence-corrected chi connectivity index (χ1v) is 8.29. The predicted molar refractivity (Wildman–Crippen MR) is 87.2 cm³/mol. The molecule has 5 heteroatoms. The summed E-state index contributed by atoms with van der Waals surface area (Å²) < 4.78 is 5.34. The molecule has 2 aliphatic rings. The summed E-state index contributed by atoms with van der Waals surface area (Å²) in [6.07, 6.45) is 2.44. The van der Waals surface area contributed by atoms with Crippen molar-refractivity contribution in [3.8, 4) is 11.3 Å². The fourth-order valence-electron chi connectivity index (χ4n) is 3.75. The average molecular weight is 311 g/mol. The lowest BCUT2D eigenvalue weighted by atomic mass is 10.0. The largest absolute Gasteiger partial charge is 0.360 e. The molecule has 2 aliphatic heterocycles. The predicted octanol–water partition coefficient (Wildman–Crippen LogP) is 2.57. The molecule has 0 N–H and O–H groups in total. The zero-order valence-electron chi connectivity index (χ0n) is 13.4. The monoisotopic (exact) mass is 311 g/mol. The standard InChI is InChI=1S/C18H21N3O2/c1-13-16(17(19-23-13)14-6-3-2-4-7-14)18(22)21-11-10-20-9-5-8-15(20)12-21/h2-4,6-7,15H,5,8-12H2,1H3/t15-/m1/s1. The summed E-state index contributed by atoms with van der Waals surface area (Å²) in [7, 11) is 0. The van der Waals surface area contributed by atoms with Crippen molar-refractivity contribution in [3.63, 3.8) is 0 Å². The highest BCUT2D eigenvalue weighted by molar-refractivity contribution is 6.00. The van der Waals surface area contributed by atoms with Gasteiger partial charge in [-0.2, -0.15) is 0 Å². The van der Waals surface area contributed by atoms with Crippen molar-refractivity contribution < 1.29 is 9.32 Å². The number of aryl methyl sites for hydroxylation is 1. The number of hydrogen-bond donors (Lipinski definition) is 0. The molecule has 1 aromatic heterocycles. The molecule has 23 heavy (non-hydrogen) atoms. The van der Waals surface area contributed by atoms with E-state index in [1.807, 2.05) is 42.2 Å². The molecule has 0 aliphatic carbocycles. The summed E-state index contributed by atoms with van der Waals surface area (Å²) in [5, 5.41) is 4.14. The number of carbonyl (C=O) groups excluding carboxylic acids is 1. The van der Waals surface area contributed by atoms with Crippen LogP contribution in [0.15, 0.2) is 34.9 Å². The summed E-state index contributed by atoms with van der Waals surface area (Å²) in [4.78, 5) is 17.5. The smallest absolute Gasteiger partial charge is 0.259 e. The van der Waals surface area contributed by atoms with Crippen LogP contribution in [0.4, 0.5) is 0 Å². The van der Waals surface area contributed by atoms with Crippen molar-refractivity contribution in [3.05, 3.63) is 41.7 Å². The van der Waals surface area contributed by atoms with Crippen LogP contribution in [0.5, 0.6) is 0 Å². The van der Waals surface area contributed by atoms with Crippen molar-refractivity contribution in [2.75, 3.05) is 26.2 Å². The number of carbonyl (C=O) groups is 1. The third kappa shape index (κ3) is 2.55. The number of amides is 1. The maximum absolute atomic E-state index is 13.1. The number of rotatable bonds is 2. The Morgan fingerprint density at radius 1 is 1.22 bits per heavy atom. The minimum absolute atomic E-state index is 0.0501. The van der Waals surface area contributed by atoms with Gasteiger partial charge in [-0.25, -0.2) is 0 Å². The van der Waals surface area contributed by atoms with Crippen LogP contribution < -0.4 is 0 Å². The molecule has 0 saturated carbocycles. The van der Waals surface area contributed by atoms with Crippen molar-refractivity contribution in [1.82, 2.24) is 15.0 Å². The van der Waals surface area contributed by atoms with Crippen LogP contribution in [-0.2, 0) is 0 Å². The fraction of sp³-hybridized carbons (Fsp3) is 0.444.